The van der Waals surface area contributed by atoms with Crippen molar-refractivity contribution < 1.29 is 0 Å². The van der Waals surface area contributed by atoms with Gasteiger partial charge in [-0.1, -0.05) is 6.07 Å². The maximum absolute atomic E-state index is 8.62. The molecule has 0 unspecified atom stereocenters. The highest BCUT2D eigenvalue weighted by atomic mass is 15.1. The van der Waals surface area contributed by atoms with E-state index in [1.807, 2.05) is 23.7 Å². The second kappa shape index (κ2) is 3.15. The third-order valence-electron chi connectivity index (χ3n) is 2.37. The van der Waals surface area contributed by atoms with Gasteiger partial charge in [0.15, 0.2) is 0 Å². The molecule has 14 heavy (non-hydrogen) atoms. The summed E-state index contributed by atoms with van der Waals surface area (Å²) in [6, 6.07) is 8.23. The molecule has 3 nitrogen and oxygen atoms in total. The standard InChI is InChI=1S/C11H11N3/c1-8-3-4-9-10(7-8)14(2)11(13-9)5-6-12/h3-4,7H,5H2,1-2H3. The van der Waals surface area contributed by atoms with E-state index in [2.05, 4.69) is 24.0 Å². The van der Waals surface area contributed by atoms with Crippen molar-refractivity contribution in [2.75, 3.05) is 0 Å². The predicted octanol–water partition coefficient (Wildman–Crippen LogP) is 1.95. The summed E-state index contributed by atoms with van der Waals surface area (Å²) in [7, 11) is 1.95. The van der Waals surface area contributed by atoms with E-state index in [1.54, 1.807) is 0 Å². The number of hydrogen-bond donors (Lipinski definition) is 0. The molecule has 0 atom stereocenters. The second-order valence-corrected chi connectivity index (χ2v) is 3.41. The Labute approximate surface area is 82.6 Å². The third kappa shape index (κ3) is 1.25. The summed E-state index contributed by atoms with van der Waals surface area (Å²) in [5.41, 5.74) is 3.27. The summed E-state index contributed by atoms with van der Waals surface area (Å²) in [6.07, 6.45) is 0.365. The molecule has 3 heteroatoms. The zero-order valence-electron chi connectivity index (χ0n) is 8.28. The minimum absolute atomic E-state index is 0.365. The van der Waals surface area contributed by atoms with E-state index in [0.717, 1.165) is 16.9 Å². The van der Waals surface area contributed by atoms with Crippen LogP contribution in [0.3, 0.4) is 0 Å². The topological polar surface area (TPSA) is 41.6 Å². The number of rotatable bonds is 1. The lowest BCUT2D eigenvalue weighted by atomic mass is 10.2. The van der Waals surface area contributed by atoms with Gasteiger partial charge in [0.05, 0.1) is 23.5 Å². The average Bonchev–Trinajstić information content (AvgIpc) is 2.46. The molecule has 0 saturated carbocycles. The van der Waals surface area contributed by atoms with Crippen molar-refractivity contribution in [2.45, 2.75) is 13.3 Å². The van der Waals surface area contributed by atoms with Gasteiger partial charge in [-0.3, -0.25) is 0 Å². The van der Waals surface area contributed by atoms with E-state index >= 15 is 0 Å². The Hall–Kier alpha value is -1.82. The van der Waals surface area contributed by atoms with Gasteiger partial charge in [0.25, 0.3) is 0 Å². The van der Waals surface area contributed by atoms with Crippen LogP contribution in [0.1, 0.15) is 11.4 Å². The Morgan fingerprint density at radius 2 is 2.29 bits per heavy atom. The molecule has 2 rings (SSSR count). The predicted molar refractivity (Wildman–Crippen MR) is 54.8 cm³/mol. The van der Waals surface area contributed by atoms with E-state index in [4.69, 9.17) is 5.26 Å². The van der Waals surface area contributed by atoms with E-state index in [1.165, 1.54) is 5.56 Å². The lowest BCUT2D eigenvalue weighted by Crippen LogP contribution is -1.95. The zero-order valence-corrected chi connectivity index (χ0v) is 8.28. The monoisotopic (exact) mass is 185 g/mol. The molecular weight excluding hydrogens is 174 g/mol. The van der Waals surface area contributed by atoms with Crippen molar-refractivity contribution in [1.29, 1.82) is 5.26 Å². The number of aryl methyl sites for hydroxylation is 2. The largest absolute Gasteiger partial charge is 0.330 e. The fraction of sp³-hybridized carbons (Fsp3) is 0.273. The smallest absolute Gasteiger partial charge is 0.123 e. The third-order valence-corrected chi connectivity index (χ3v) is 2.37. The van der Waals surface area contributed by atoms with Crippen LogP contribution in [0.4, 0.5) is 0 Å². The zero-order chi connectivity index (χ0) is 10.1. The highest BCUT2D eigenvalue weighted by molar-refractivity contribution is 5.76. The van der Waals surface area contributed by atoms with Crippen molar-refractivity contribution in [3.8, 4) is 6.07 Å². The summed E-state index contributed by atoms with van der Waals surface area (Å²) >= 11 is 0. The Morgan fingerprint density at radius 1 is 1.50 bits per heavy atom. The highest BCUT2D eigenvalue weighted by Gasteiger charge is 2.06. The number of nitrogens with zero attached hydrogens (tertiary/aromatic N) is 3. The van der Waals surface area contributed by atoms with E-state index in [0.29, 0.717) is 6.42 Å². The van der Waals surface area contributed by atoms with Crippen LogP contribution in [0, 0.1) is 18.3 Å². The van der Waals surface area contributed by atoms with Gasteiger partial charge in [0.1, 0.15) is 5.82 Å². The summed E-state index contributed by atoms with van der Waals surface area (Å²) in [5, 5.41) is 8.62. The van der Waals surface area contributed by atoms with Crippen molar-refractivity contribution in [1.82, 2.24) is 9.55 Å². The van der Waals surface area contributed by atoms with Gasteiger partial charge >= 0.3 is 0 Å². The van der Waals surface area contributed by atoms with Crippen molar-refractivity contribution >= 4 is 11.0 Å². The van der Waals surface area contributed by atoms with Crippen molar-refractivity contribution in [3.63, 3.8) is 0 Å². The fourth-order valence-electron chi connectivity index (χ4n) is 1.58. The van der Waals surface area contributed by atoms with Gasteiger partial charge in [-0.25, -0.2) is 4.98 Å². The maximum Gasteiger partial charge on any atom is 0.123 e. The van der Waals surface area contributed by atoms with Crippen LogP contribution < -0.4 is 0 Å². The number of benzene rings is 1. The second-order valence-electron chi connectivity index (χ2n) is 3.41. The molecule has 0 radical (unpaired) electrons. The van der Waals surface area contributed by atoms with Gasteiger partial charge < -0.3 is 4.57 Å². The maximum atomic E-state index is 8.62. The highest BCUT2D eigenvalue weighted by Crippen LogP contribution is 2.16. The quantitative estimate of drug-likeness (QED) is 0.681. The molecule has 0 N–H and O–H groups in total. The molecule has 0 bridgehead atoms. The van der Waals surface area contributed by atoms with Crippen LogP contribution in [0.2, 0.25) is 0 Å². The SMILES string of the molecule is Cc1ccc2nc(CC#N)n(C)c2c1. The average molecular weight is 185 g/mol. The van der Waals surface area contributed by atoms with E-state index in [-0.39, 0.29) is 0 Å². The van der Waals surface area contributed by atoms with Gasteiger partial charge in [-0.15, -0.1) is 0 Å². The number of imidazole rings is 1. The van der Waals surface area contributed by atoms with E-state index < -0.39 is 0 Å². The molecular formula is C11H11N3. The summed E-state index contributed by atoms with van der Waals surface area (Å²) in [4.78, 5) is 4.38. The number of hydrogen-bond acceptors (Lipinski definition) is 2. The molecule has 0 aliphatic rings. The first kappa shape index (κ1) is 8.76. The molecule has 0 aliphatic carbocycles. The first-order valence-electron chi connectivity index (χ1n) is 4.51. The molecule has 70 valence electrons. The molecule has 0 aliphatic heterocycles. The van der Waals surface area contributed by atoms with Gasteiger partial charge in [0, 0.05) is 7.05 Å². The number of fused-ring (bicyclic) bond motifs is 1. The molecule has 0 fully saturated rings. The number of nitriles is 1. The lowest BCUT2D eigenvalue weighted by molar-refractivity contribution is 0.857. The minimum atomic E-state index is 0.365. The van der Waals surface area contributed by atoms with E-state index in [9.17, 15) is 0 Å². The summed E-state index contributed by atoms with van der Waals surface area (Å²) in [6.45, 7) is 2.05. The number of aromatic nitrogens is 2. The normalized spacial score (nSPS) is 10.4. The van der Waals surface area contributed by atoms with Gasteiger partial charge in [-0.05, 0) is 24.6 Å². The van der Waals surface area contributed by atoms with Crippen molar-refractivity contribution in [2.24, 2.45) is 7.05 Å². The van der Waals surface area contributed by atoms with Crippen LogP contribution in [-0.2, 0) is 13.5 Å². The van der Waals surface area contributed by atoms with Crippen LogP contribution in [0.25, 0.3) is 11.0 Å². The van der Waals surface area contributed by atoms with Crippen LogP contribution in [0.15, 0.2) is 18.2 Å². The van der Waals surface area contributed by atoms with Crippen LogP contribution >= 0.6 is 0 Å². The van der Waals surface area contributed by atoms with Gasteiger partial charge in [0.2, 0.25) is 0 Å². The Morgan fingerprint density at radius 3 is 3.00 bits per heavy atom. The fourth-order valence-corrected chi connectivity index (χ4v) is 1.58. The van der Waals surface area contributed by atoms with Crippen LogP contribution in [0.5, 0.6) is 0 Å². The molecule has 1 aromatic heterocycles. The Balaban J connectivity index is 2.69. The first-order valence-corrected chi connectivity index (χ1v) is 4.51. The van der Waals surface area contributed by atoms with Gasteiger partial charge in [-0.2, -0.15) is 5.26 Å². The molecule has 1 aromatic carbocycles. The molecule has 1 heterocycles. The molecule has 0 saturated heterocycles. The summed E-state index contributed by atoms with van der Waals surface area (Å²) < 4.78 is 1.98. The first-order chi connectivity index (χ1) is 6.72. The lowest BCUT2D eigenvalue weighted by Gasteiger charge is -1.97. The Bertz CT molecular complexity index is 517. The van der Waals surface area contributed by atoms with Crippen molar-refractivity contribution in [3.05, 3.63) is 29.6 Å². The van der Waals surface area contributed by atoms with Crippen LogP contribution in [-0.4, -0.2) is 9.55 Å². The minimum Gasteiger partial charge on any atom is -0.330 e. The molecule has 0 spiro atoms. The summed E-state index contributed by atoms with van der Waals surface area (Å²) in [5.74, 6) is 0.827. The molecule has 0 amide bonds. The Kier molecular flexibility index (Phi) is 1.97. The molecule has 2 aromatic rings.